The zero-order valence-corrected chi connectivity index (χ0v) is 15.7. The van der Waals surface area contributed by atoms with Crippen LogP contribution in [0.1, 0.15) is 26.1 Å². The average Bonchev–Trinajstić information content (AvgIpc) is 3.10. The zero-order valence-electron chi connectivity index (χ0n) is 13.3. The highest BCUT2D eigenvalue weighted by Crippen LogP contribution is 2.35. The van der Waals surface area contributed by atoms with Crippen LogP contribution in [-0.4, -0.2) is 17.4 Å². The Kier molecular flexibility index (Phi) is 5.09. The van der Waals surface area contributed by atoms with Crippen molar-refractivity contribution >= 4 is 56.1 Å². The second-order valence-electron chi connectivity index (χ2n) is 5.47. The molecule has 3 rings (SSSR count). The van der Waals surface area contributed by atoms with E-state index >= 15 is 0 Å². The molecule has 0 unspecified atom stereocenters. The van der Waals surface area contributed by atoms with Gasteiger partial charge in [-0.05, 0) is 13.0 Å². The summed E-state index contributed by atoms with van der Waals surface area (Å²) >= 11 is 8.30. The molecule has 0 radical (unpaired) electrons. The van der Waals surface area contributed by atoms with E-state index in [1.54, 1.807) is 6.92 Å². The number of benzene rings is 1. The van der Waals surface area contributed by atoms with Crippen molar-refractivity contribution in [2.45, 2.75) is 19.5 Å². The number of nitrogens with zero attached hydrogens (tertiary/aromatic N) is 1. The number of carbonyl (C=O) groups excluding carboxylic acids is 1. The number of nitrogens with two attached hydrogens (primary N) is 1. The summed E-state index contributed by atoms with van der Waals surface area (Å²) < 4.78 is 39.6. The number of fused-ring (bicyclic) bond motifs is 1. The zero-order chi connectivity index (χ0) is 19.1. The van der Waals surface area contributed by atoms with Gasteiger partial charge in [0.2, 0.25) is 5.52 Å². The largest absolute Gasteiger partial charge is 0.416 e. The number of halogens is 4. The van der Waals surface area contributed by atoms with Gasteiger partial charge in [-0.2, -0.15) is 18.2 Å². The Morgan fingerprint density at radius 2 is 2.12 bits per heavy atom. The van der Waals surface area contributed by atoms with Crippen LogP contribution in [0, 0.1) is 6.92 Å². The Hall–Kier alpha value is -1.91. The molecule has 26 heavy (non-hydrogen) atoms. The second kappa shape index (κ2) is 7.01. The molecule has 5 nitrogen and oxygen atoms in total. The van der Waals surface area contributed by atoms with Crippen LogP contribution in [-0.2, 0) is 12.6 Å². The number of anilines is 1. The lowest BCUT2D eigenvalue weighted by Crippen LogP contribution is -2.29. The summed E-state index contributed by atoms with van der Waals surface area (Å²) in [5.41, 5.74) is 5.73. The fourth-order valence-electron chi connectivity index (χ4n) is 2.28. The Morgan fingerprint density at radius 1 is 1.38 bits per heavy atom. The van der Waals surface area contributed by atoms with Crippen molar-refractivity contribution in [3.05, 3.63) is 37.7 Å². The normalized spacial score (nSPS) is 11.9. The van der Waals surface area contributed by atoms with Gasteiger partial charge in [0.05, 0.1) is 22.0 Å². The van der Waals surface area contributed by atoms with E-state index in [2.05, 4.69) is 15.3 Å². The molecule has 0 spiro atoms. The van der Waals surface area contributed by atoms with Gasteiger partial charge in [-0.15, -0.1) is 11.3 Å². The molecule has 138 valence electrons. The number of thiazole rings is 2. The fraction of sp³-hybridized carbons (Fsp3) is 0.267. The third kappa shape index (κ3) is 3.92. The van der Waals surface area contributed by atoms with Gasteiger partial charge in [-0.25, -0.2) is 4.98 Å². The van der Waals surface area contributed by atoms with Crippen molar-refractivity contribution in [2.24, 2.45) is 0 Å². The van der Waals surface area contributed by atoms with Gasteiger partial charge in [-0.3, -0.25) is 4.79 Å². The average molecular weight is 422 g/mol. The first-order valence-electron chi connectivity index (χ1n) is 7.37. The molecule has 4 N–H and O–H groups in total. The monoisotopic (exact) mass is 421 g/mol. The number of aryl methyl sites for hydroxylation is 1. The highest BCUT2D eigenvalue weighted by atomic mass is 35.5. The van der Waals surface area contributed by atoms with Crippen molar-refractivity contribution in [1.29, 1.82) is 0 Å². The minimum Gasteiger partial charge on any atom is -0.397 e. The fourth-order valence-corrected chi connectivity index (χ4v) is 4.30. The minimum absolute atomic E-state index is 0.0250. The van der Waals surface area contributed by atoms with E-state index in [1.807, 2.05) is 0 Å². The number of alkyl halides is 3. The van der Waals surface area contributed by atoms with E-state index < -0.39 is 17.6 Å². The quantitative estimate of drug-likeness (QED) is 0.630. The number of amides is 1. The Balaban J connectivity index is 1.73. The molecule has 0 bridgehead atoms. The van der Waals surface area contributed by atoms with Crippen LogP contribution in [0.2, 0.25) is 4.34 Å². The predicted octanol–water partition coefficient (Wildman–Crippen LogP) is 3.71. The standard InChI is InChI=1S/C15H12ClF3N4OS2/c1-6-12(16)25-10(22-6)2-3-21-13(24)14-23-9-5-7(15(17,18)19)4-8(20)11(9)26-14/h4-5H,2-3,20H2,1H3,(H,21,24)/p+1. The lowest BCUT2D eigenvalue weighted by molar-refractivity contribution is -0.342. The summed E-state index contributed by atoms with van der Waals surface area (Å²) in [7, 11) is 0. The van der Waals surface area contributed by atoms with Crippen LogP contribution in [0.4, 0.5) is 18.9 Å². The molecule has 1 aromatic carbocycles. The first-order valence-corrected chi connectivity index (χ1v) is 9.39. The molecule has 1 amide bonds. The number of hydrogen-bond donors (Lipinski definition) is 2. The number of hydrogen-bond acceptors (Lipinski definition) is 5. The maximum absolute atomic E-state index is 12.9. The van der Waals surface area contributed by atoms with E-state index in [0.717, 1.165) is 34.2 Å². The van der Waals surface area contributed by atoms with Crippen LogP contribution >= 0.6 is 34.3 Å². The van der Waals surface area contributed by atoms with E-state index in [-0.39, 0.29) is 16.2 Å². The number of carbonyl (C=O) groups is 1. The molecule has 0 saturated heterocycles. The van der Waals surface area contributed by atoms with Gasteiger partial charge in [0, 0.05) is 19.0 Å². The summed E-state index contributed by atoms with van der Waals surface area (Å²) in [4.78, 5) is 19.2. The Morgan fingerprint density at radius 3 is 2.73 bits per heavy atom. The van der Waals surface area contributed by atoms with Crippen molar-refractivity contribution in [1.82, 2.24) is 10.3 Å². The van der Waals surface area contributed by atoms with Gasteiger partial charge >= 0.3 is 17.1 Å². The molecule has 0 aliphatic rings. The van der Waals surface area contributed by atoms with Crippen LogP contribution in [0.5, 0.6) is 0 Å². The number of rotatable bonds is 4. The van der Waals surface area contributed by atoms with Crippen molar-refractivity contribution in [3.8, 4) is 0 Å². The van der Waals surface area contributed by atoms with Gasteiger partial charge in [0.1, 0.15) is 9.04 Å². The smallest absolute Gasteiger partial charge is 0.397 e. The Bertz CT molecular complexity index is 964. The molecule has 3 aromatic rings. The van der Waals surface area contributed by atoms with Crippen LogP contribution in [0.15, 0.2) is 12.1 Å². The highest BCUT2D eigenvalue weighted by molar-refractivity contribution is 7.20. The molecule has 0 fully saturated rings. The first kappa shape index (κ1) is 18.9. The SMILES string of the molecule is Cc1nc(CCNC(=O)c2[nH+]c3cc(C(F)(F)F)cc(N)c3s2)sc1Cl. The van der Waals surface area contributed by atoms with Crippen molar-refractivity contribution in [2.75, 3.05) is 12.3 Å². The summed E-state index contributed by atoms with van der Waals surface area (Å²) in [6.07, 6.45) is -4.00. The lowest BCUT2D eigenvalue weighted by Gasteiger charge is -2.05. The summed E-state index contributed by atoms with van der Waals surface area (Å²) in [6.45, 7) is 2.13. The van der Waals surface area contributed by atoms with Crippen LogP contribution in [0.3, 0.4) is 0 Å². The van der Waals surface area contributed by atoms with Gasteiger partial charge in [0.25, 0.3) is 0 Å². The third-order valence-electron chi connectivity index (χ3n) is 3.51. The first-order chi connectivity index (χ1) is 12.1. The van der Waals surface area contributed by atoms with Gasteiger partial charge in [-0.1, -0.05) is 22.9 Å². The van der Waals surface area contributed by atoms with Gasteiger partial charge < -0.3 is 11.1 Å². The molecule has 0 aliphatic heterocycles. The third-order valence-corrected chi connectivity index (χ3v) is 6.17. The number of nitrogens with one attached hydrogen (secondary N) is 2. The minimum atomic E-state index is -4.51. The lowest BCUT2D eigenvalue weighted by atomic mass is 10.2. The molecule has 2 heterocycles. The van der Waals surface area contributed by atoms with Crippen molar-refractivity contribution in [3.63, 3.8) is 0 Å². The number of H-pyrrole nitrogens is 1. The van der Waals surface area contributed by atoms with E-state index in [1.165, 1.54) is 11.3 Å². The van der Waals surface area contributed by atoms with Crippen LogP contribution < -0.4 is 16.0 Å². The second-order valence-corrected chi connectivity index (χ2v) is 8.18. The van der Waals surface area contributed by atoms with E-state index in [4.69, 9.17) is 17.3 Å². The number of nitrogen functional groups attached to an aromatic ring is 1. The summed E-state index contributed by atoms with van der Waals surface area (Å²) in [5, 5.41) is 3.68. The molecular weight excluding hydrogens is 409 g/mol. The predicted molar refractivity (Wildman–Crippen MR) is 95.7 cm³/mol. The van der Waals surface area contributed by atoms with Crippen molar-refractivity contribution < 1.29 is 22.9 Å². The topological polar surface area (TPSA) is 82.2 Å². The maximum Gasteiger partial charge on any atom is 0.416 e. The maximum atomic E-state index is 12.9. The molecule has 0 saturated carbocycles. The molecular formula is C15H13ClF3N4OS2+. The van der Waals surface area contributed by atoms with E-state index in [0.29, 0.717) is 22.0 Å². The number of aromatic nitrogens is 2. The summed E-state index contributed by atoms with van der Waals surface area (Å²) in [5.74, 6) is -0.418. The van der Waals surface area contributed by atoms with Gasteiger partial charge in [0.15, 0.2) is 0 Å². The Labute approximate surface area is 159 Å². The molecule has 0 aliphatic carbocycles. The molecule has 0 atom stereocenters. The number of aromatic amines is 1. The van der Waals surface area contributed by atoms with Crippen LogP contribution in [0.25, 0.3) is 10.2 Å². The highest BCUT2D eigenvalue weighted by Gasteiger charge is 2.33. The summed E-state index contributed by atoms with van der Waals surface area (Å²) in [6, 6.07) is 1.81. The molecule has 2 aromatic heterocycles. The molecule has 11 heteroatoms. The van der Waals surface area contributed by atoms with E-state index in [9.17, 15) is 18.0 Å².